The third-order valence-electron chi connectivity index (χ3n) is 6.93. The second kappa shape index (κ2) is 7.98. The smallest absolute Gasteiger partial charge is 0.221 e. The van der Waals surface area contributed by atoms with Gasteiger partial charge < -0.3 is 15.5 Å². The lowest BCUT2D eigenvalue weighted by atomic mass is 9.96. The topological polar surface area (TPSA) is 44.4 Å². The molecule has 162 valence electrons. The first-order valence-corrected chi connectivity index (χ1v) is 12.3. The molecular weight excluding hydrogens is 414 g/mol. The zero-order chi connectivity index (χ0) is 21.7. The summed E-state index contributed by atoms with van der Waals surface area (Å²) in [5, 5.41) is 6.77. The zero-order valence-corrected chi connectivity index (χ0v) is 19.0. The van der Waals surface area contributed by atoms with E-state index in [9.17, 15) is 4.79 Å². The number of rotatable bonds is 3. The van der Waals surface area contributed by atoms with Crippen molar-refractivity contribution in [2.24, 2.45) is 0 Å². The molecule has 3 aromatic rings. The van der Waals surface area contributed by atoms with Gasteiger partial charge in [0.2, 0.25) is 5.91 Å². The number of nitrogens with one attached hydrogen (secondary N) is 2. The summed E-state index contributed by atoms with van der Waals surface area (Å²) in [6.45, 7) is 1.56. The Labute approximate surface area is 193 Å². The van der Waals surface area contributed by atoms with E-state index in [1.54, 1.807) is 6.92 Å². The first kappa shape index (κ1) is 19.9. The lowest BCUT2D eigenvalue weighted by Gasteiger charge is -2.42. The average Bonchev–Trinajstić information content (AvgIpc) is 3.14. The van der Waals surface area contributed by atoms with Crippen LogP contribution < -0.4 is 15.5 Å². The van der Waals surface area contributed by atoms with Gasteiger partial charge in [0, 0.05) is 46.1 Å². The summed E-state index contributed by atoms with van der Waals surface area (Å²) in [7, 11) is 0. The zero-order valence-electron chi connectivity index (χ0n) is 18.2. The quantitative estimate of drug-likeness (QED) is 0.508. The Morgan fingerprint density at radius 2 is 1.66 bits per heavy atom. The molecule has 5 heteroatoms. The molecule has 2 atom stereocenters. The molecule has 3 aromatic carbocycles. The van der Waals surface area contributed by atoms with Gasteiger partial charge in [-0.25, -0.2) is 0 Å². The monoisotopic (exact) mass is 441 g/mol. The molecule has 2 saturated heterocycles. The van der Waals surface area contributed by atoms with Crippen LogP contribution in [0.25, 0.3) is 11.1 Å². The Morgan fingerprint density at radius 1 is 0.938 bits per heavy atom. The van der Waals surface area contributed by atoms with E-state index in [2.05, 4.69) is 64.1 Å². The van der Waals surface area contributed by atoms with Crippen LogP contribution in [0.15, 0.2) is 76.5 Å². The highest BCUT2D eigenvalue weighted by molar-refractivity contribution is 7.99. The summed E-state index contributed by atoms with van der Waals surface area (Å²) in [6.07, 6.45) is 5.00. The molecular formula is C27H27N3OS. The number of nitrogens with zero attached hydrogens (tertiary/aromatic N) is 1. The van der Waals surface area contributed by atoms with Crippen molar-refractivity contribution < 1.29 is 4.79 Å². The number of hydrogen-bond donors (Lipinski definition) is 2. The fraction of sp³-hybridized carbons (Fsp3) is 0.296. The Morgan fingerprint density at radius 3 is 2.47 bits per heavy atom. The van der Waals surface area contributed by atoms with Crippen molar-refractivity contribution in [3.8, 4) is 11.1 Å². The minimum atomic E-state index is -0.0505. The number of fused-ring (bicyclic) bond motifs is 4. The van der Waals surface area contributed by atoms with E-state index in [-0.39, 0.29) is 5.91 Å². The normalized spacial score (nSPS) is 23.4. The van der Waals surface area contributed by atoms with Gasteiger partial charge in [-0.2, -0.15) is 0 Å². The fourth-order valence-electron chi connectivity index (χ4n) is 5.62. The van der Waals surface area contributed by atoms with Crippen LogP contribution in [0, 0.1) is 0 Å². The first-order chi connectivity index (χ1) is 15.7. The number of hydrogen-bond acceptors (Lipinski definition) is 4. The van der Waals surface area contributed by atoms with E-state index >= 15 is 0 Å². The molecule has 2 bridgehead atoms. The molecule has 0 radical (unpaired) electrons. The molecule has 3 aliphatic heterocycles. The Bertz CT molecular complexity index is 1180. The van der Waals surface area contributed by atoms with Crippen molar-refractivity contribution in [2.45, 2.75) is 60.5 Å². The van der Waals surface area contributed by atoms with Gasteiger partial charge in [0.25, 0.3) is 0 Å². The van der Waals surface area contributed by atoms with Crippen LogP contribution in [0.3, 0.4) is 0 Å². The van der Waals surface area contributed by atoms with E-state index in [4.69, 9.17) is 0 Å². The first-order valence-electron chi connectivity index (χ1n) is 11.5. The van der Waals surface area contributed by atoms with E-state index in [1.807, 2.05) is 30.0 Å². The Kier molecular flexibility index (Phi) is 4.96. The maximum Gasteiger partial charge on any atom is 0.221 e. The lowest BCUT2D eigenvalue weighted by Crippen LogP contribution is -2.47. The molecule has 3 heterocycles. The third kappa shape index (κ3) is 3.50. The summed E-state index contributed by atoms with van der Waals surface area (Å²) in [4.78, 5) is 16.9. The molecule has 0 spiro atoms. The van der Waals surface area contributed by atoms with Crippen LogP contribution in [-0.4, -0.2) is 24.0 Å². The van der Waals surface area contributed by atoms with Gasteiger partial charge >= 0.3 is 0 Å². The van der Waals surface area contributed by atoms with Crippen molar-refractivity contribution >= 4 is 34.7 Å². The summed E-state index contributed by atoms with van der Waals surface area (Å²) in [5.74, 6) is -0.0505. The molecule has 2 fully saturated rings. The van der Waals surface area contributed by atoms with Crippen molar-refractivity contribution in [3.05, 3.63) is 66.7 Å². The Balaban J connectivity index is 1.43. The summed E-state index contributed by atoms with van der Waals surface area (Å²) in [5.41, 5.74) is 5.68. The van der Waals surface area contributed by atoms with E-state index in [1.165, 1.54) is 46.8 Å². The lowest BCUT2D eigenvalue weighted by molar-refractivity contribution is -0.114. The maximum atomic E-state index is 11.7. The fourth-order valence-corrected chi connectivity index (χ4v) is 6.73. The van der Waals surface area contributed by atoms with Crippen molar-refractivity contribution in [1.82, 2.24) is 5.32 Å². The average molecular weight is 442 g/mol. The second-order valence-electron chi connectivity index (χ2n) is 9.11. The highest BCUT2D eigenvalue weighted by atomic mass is 32.2. The van der Waals surface area contributed by atoms with Crippen LogP contribution in [0.1, 0.15) is 32.6 Å². The number of para-hydroxylation sites is 2. The highest BCUT2D eigenvalue weighted by Crippen LogP contribution is 2.51. The van der Waals surface area contributed by atoms with Gasteiger partial charge in [0.15, 0.2) is 0 Å². The van der Waals surface area contributed by atoms with Gasteiger partial charge in [-0.3, -0.25) is 4.79 Å². The van der Waals surface area contributed by atoms with Crippen LogP contribution in [0.5, 0.6) is 0 Å². The highest BCUT2D eigenvalue weighted by Gasteiger charge is 2.39. The number of amides is 1. The number of carbonyl (C=O) groups is 1. The predicted molar refractivity (Wildman–Crippen MR) is 132 cm³/mol. The van der Waals surface area contributed by atoms with E-state index in [0.29, 0.717) is 18.1 Å². The molecule has 2 unspecified atom stereocenters. The largest absolute Gasteiger partial charge is 0.336 e. The minimum Gasteiger partial charge on any atom is -0.336 e. The number of benzene rings is 3. The van der Waals surface area contributed by atoms with Crippen LogP contribution in [-0.2, 0) is 4.79 Å². The Hall–Kier alpha value is -2.76. The van der Waals surface area contributed by atoms with Crippen molar-refractivity contribution in [2.75, 3.05) is 10.2 Å². The summed E-state index contributed by atoms with van der Waals surface area (Å²) < 4.78 is 0. The molecule has 1 amide bonds. The van der Waals surface area contributed by atoms with E-state index in [0.717, 1.165) is 16.8 Å². The standard InChI is InChI=1S/C27H27N3OS/c1-17(31)28-23-7-3-2-6-22(23)18-10-13-25-27(14-18)32-26-9-5-4-8-24(26)30(25)21-15-19-11-12-20(16-21)29-19/h2-10,13-14,19-21,29H,11-12,15-16H2,1H3,(H,28,31). The molecule has 3 aliphatic rings. The van der Waals surface area contributed by atoms with Gasteiger partial charge in [-0.05, 0) is 61.6 Å². The predicted octanol–water partition coefficient (Wildman–Crippen LogP) is 6.20. The third-order valence-corrected chi connectivity index (χ3v) is 8.04. The van der Waals surface area contributed by atoms with Crippen LogP contribution >= 0.6 is 11.8 Å². The van der Waals surface area contributed by atoms with Crippen LogP contribution in [0.4, 0.5) is 17.1 Å². The summed E-state index contributed by atoms with van der Waals surface area (Å²) >= 11 is 1.85. The van der Waals surface area contributed by atoms with E-state index < -0.39 is 0 Å². The molecule has 0 saturated carbocycles. The SMILES string of the molecule is CC(=O)Nc1ccccc1-c1ccc2c(c1)Sc1ccccc1N2C1CC2CCC(C1)N2. The van der Waals surface area contributed by atoms with Gasteiger partial charge in [0.1, 0.15) is 0 Å². The second-order valence-corrected chi connectivity index (χ2v) is 10.2. The van der Waals surface area contributed by atoms with Crippen molar-refractivity contribution in [3.63, 3.8) is 0 Å². The molecule has 6 rings (SSSR count). The number of carbonyl (C=O) groups excluding carboxylic acids is 1. The molecule has 4 nitrogen and oxygen atoms in total. The van der Waals surface area contributed by atoms with Crippen LogP contribution in [0.2, 0.25) is 0 Å². The minimum absolute atomic E-state index is 0.0505. The van der Waals surface area contributed by atoms with Crippen molar-refractivity contribution in [1.29, 1.82) is 0 Å². The maximum absolute atomic E-state index is 11.7. The molecule has 32 heavy (non-hydrogen) atoms. The number of anilines is 3. The molecule has 2 N–H and O–H groups in total. The summed E-state index contributed by atoms with van der Waals surface area (Å²) in [6, 6.07) is 25.4. The van der Waals surface area contributed by atoms with Gasteiger partial charge in [-0.15, -0.1) is 0 Å². The molecule has 0 aromatic heterocycles. The molecule has 0 aliphatic carbocycles. The van der Waals surface area contributed by atoms with Gasteiger partial charge in [-0.1, -0.05) is 48.2 Å². The number of piperidine rings is 1. The van der Waals surface area contributed by atoms with Gasteiger partial charge in [0.05, 0.1) is 11.4 Å².